The van der Waals surface area contributed by atoms with E-state index in [2.05, 4.69) is 15.6 Å². The summed E-state index contributed by atoms with van der Waals surface area (Å²) < 4.78 is 72.9. The molecule has 0 aliphatic carbocycles. The van der Waals surface area contributed by atoms with Crippen LogP contribution in [0.4, 0.5) is 27.6 Å². The largest absolute Gasteiger partial charge is 0.416 e. The molecule has 1 atom stereocenters. The van der Waals surface area contributed by atoms with Crippen molar-refractivity contribution in [3.8, 4) is 0 Å². The molecule has 226 valence electrons. The average molecular weight is 631 g/mol. The number of imidazole rings is 2. The van der Waals surface area contributed by atoms with Crippen molar-refractivity contribution in [3.63, 3.8) is 0 Å². The minimum atomic E-state index is -4.93. The van der Waals surface area contributed by atoms with Crippen LogP contribution in [0.2, 0.25) is 5.02 Å². The topological polar surface area (TPSA) is 103 Å². The van der Waals surface area contributed by atoms with Crippen molar-refractivity contribution >= 4 is 40.1 Å². The summed E-state index contributed by atoms with van der Waals surface area (Å²) in [5.74, 6) is -3.78. The van der Waals surface area contributed by atoms with Gasteiger partial charge in [0.2, 0.25) is 0 Å². The average Bonchev–Trinajstić information content (AvgIpc) is 3.59. The van der Waals surface area contributed by atoms with E-state index in [1.807, 2.05) is 0 Å². The number of nitrogens with one attached hydrogen (secondary N) is 2. The minimum Gasteiger partial charge on any atom is -0.341 e. The van der Waals surface area contributed by atoms with Gasteiger partial charge in [-0.15, -0.1) is 0 Å². The van der Waals surface area contributed by atoms with Crippen molar-refractivity contribution in [1.82, 2.24) is 24.0 Å². The first-order chi connectivity index (χ1) is 20.7. The van der Waals surface area contributed by atoms with Crippen molar-refractivity contribution in [2.24, 2.45) is 14.1 Å². The van der Waals surface area contributed by atoms with Crippen molar-refractivity contribution < 1.29 is 31.5 Å². The molecule has 0 saturated heterocycles. The summed E-state index contributed by atoms with van der Waals surface area (Å²) in [5, 5.41) is 5.27. The van der Waals surface area contributed by atoms with E-state index < -0.39 is 52.5 Å². The highest BCUT2D eigenvalue weighted by atomic mass is 35.5. The number of benzene rings is 3. The number of aromatic nitrogens is 4. The van der Waals surface area contributed by atoms with Gasteiger partial charge in [0.1, 0.15) is 11.6 Å². The van der Waals surface area contributed by atoms with Gasteiger partial charge >= 0.3 is 11.9 Å². The molecular weight excluding hydrogens is 611 g/mol. The van der Waals surface area contributed by atoms with Gasteiger partial charge in [-0.3, -0.25) is 18.7 Å². The van der Waals surface area contributed by atoms with Gasteiger partial charge in [0.15, 0.2) is 0 Å². The summed E-state index contributed by atoms with van der Waals surface area (Å²) in [5.41, 5.74) is -1.63. The van der Waals surface area contributed by atoms with Gasteiger partial charge in [-0.2, -0.15) is 13.2 Å². The fraction of sp³-hybridized carbons (Fsp3) is 0.172. The fourth-order valence-corrected chi connectivity index (χ4v) is 5.64. The van der Waals surface area contributed by atoms with Crippen LogP contribution < -0.4 is 16.3 Å². The summed E-state index contributed by atoms with van der Waals surface area (Å²) in [4.78, 5) is 44.6. The van der Waals surface area contributed by atoms with E-state index in [-0.39, 0.29) is 51.0 Å². The Balaban J connectivity index is 1.58. The quantitative estimate of drug-likeness (QED) is 0.262. The summed E-state index contributed by atoms with van der Waals surface area (Å²) in [6.07, 6.45) is -1.72. The van der Waals surface area contributed by atoms with Crippen LogP contribution in [-0.4, -0.2) is 30.5 Å². The lowest BCUT2D eigenvalue weighted by Gasteiger charge is -2.19. The van der Waals surface area contributed by atoms with Gasteiger partial charge in [0, 0.05) is 47.7 Å². The number of nitrogens with zero attached hydrogens (tertiary/aromatic N) is 4. The smallest absolute Gasteiger partial charge is 0.341 e. The van der Waals surface area contributed by atoms with Crippen LogP contribution in [0.5, 0.6) is 0 Å². The zero-order chi connectivity index (χ0) is 31.7. The maximum Gasteiger partial charge on any atom is 0.416 e. The zero-order valence-corrected chi connectivity index (χ0v) is 23.5. The first-order valence-corrected chi connectivity index (χ1v) is 13.3. The molecule has 0 radical (unpaired) electrons. The molecule has 1 aliphatic rings. The maximum atomic E-state index is 14.3. The predicted octanol–water partition coefficient (Wildman–Crippen LogP) is 5.16. The first-order valence-electron chi connectivity index (χ1n) is 12.9. The monoisotopic (exact) mass is 630 g/mol. The second-order valence-corrected chi connectivity index (χ2v) is 10.7. The van der Waals surface area contributed by atoms with Gasteiger partial charge in [0.05, 0.1) is 46.8 Å². The van der Waals surface area contributed by atoms with E-state index in [4.69, 9.17) is 11.6 Å². The predicted molar refractivity (Wildman–Crippen MR) is 150 cm³/mol. The Bertz CT molecular complexity index is 2080. The summed E-state index contributed by atoms with van der Waals surface area (Å²) in [6.45, 7) is -0.0250. The summed E-state index contributed by atoms with van der Waals surface area (Å²) in [6, 6.07) is 5.09. The molecule has 44 heavy (non-hydrogen) atoms. The van der Waals surface area contributed by atoms with Gasteiger partial charge in [-0.05, 0) is 42.5 Å². The molecule has 0 bridgehead atoms. The molecule has 15 heteroatoms. The van der Waals surface area contributed by atoms with Gasteiger partial charge in [0.25, 0.3) is 11.8 Å². The molecule has 0 saturated carbocycles. The van der Waals surface area contributed by atoms with Gasteiger partial charge < -0.3 is 15.2 Å². The van der Waals surface area contributed by atoms with E-state index in [1.54, 1.807) is 17.8 Å². The molecule has 1 unspecified atom stereocenters. The molecule has 9 nitrogen and oxygen atoms in total. The SMILES string of the molecule is Cn1cnc(Cn2c(=O)n(C)c3c4c(c(NC(=O)c5cc(F)cc(C(F)(F)F)c5)cc32)C(c2cc(F)ccc2Cl)NC4=O)c1. The number of carbonyl (C=O) groups is 2. The van der Waals surface area contributed by atoms with Crippen LogP contribution in [-0.2, 0) is 26.8 Å². The number of anilines is 1. The molecule has 2 aromatic heterocycles. The minimum absolute atomic E-state index is 0.0250. The van der Waals surface area contributed by atoms with Crippen LogP contribution in [0, 0.1) is 11.6 Å². The Morgan fingerprint density at radius 1 is 1.07 bits per heavy atom. The highest BCUT2D eigenvalue weighted by Gasteiger charge is 2.38. The second kappa shape index (κ2) is 10.3. The number of fused-ring (bicyclic) bond motifs is 3. The van der Waals surface area contributed by atoms with Gasteiger partial charge in [-0.1, -0.05) is 11.6 Å². The third-order valence-electron chi connectivity index (χ3n) is 7.34. The highest BCUT2D eigenvalue weighted by molar-refractivity contribution is 6.31. The van der Waals surface area contributed by atoms with Crippen LogP contribution in [0.15, 0.2) is 59.8 Å². The summed E-state index contributed by atoms with van der Waals surface area (Å²) in [7, 11) is 3.18. The Morgan fingerprint density at radius 2 is 1.82 bits per heavy atom. The third kappa shape index (κ3) is 4.90. The second-order valence-electron chi connectivity index (χ2n) is 10.3. The molecule has 3 heterocycles. The van der Waals surface area contributed by atoms with E-state index in [9.17, 15) is 36.3 Å². The lowest BCUT2D eigenvalue weighted by atomic mass is 9.95. The normalized spacial score (nSPS) is 14.6. The standard InChI is InChI=1S/C29H20ClF5N6O3/c1-39-10-17(36-12-39)11-41-21-9-20(37-26(42)13-5-14(29(33,34)35)7-16(32)6-13)22-23(25(21)40(2)28(41)44)27(43)38-24(22)18-8-15(31)3-4-19(18)30/h3-10,12,24H,11H2,1-2H3,(H,37,42)(H,38,43). The van der Waals surface area contributed by atoms with Crippen molar-refractivity contribution in [2.45, 2.75) is 18.8 Å². The third-order valence-corrected chi connectivity index (χ3v) is 7.68. The molecule has 5 aromatic rings. The number of halogens is 6. The molecule has 2 amide bonds. The van der Waals surface area contributed by atoms with Crippen LogP contribution in [0.1, 0.15) is 49.1 Å². The fourth-order valence-electron chi connectivity index (χ4n) is 5.42. The zero-order valence-electron chi connectivity index (χ0n) is 22.8. The number of carbonyl (C=O) groups excluding carboxylic acids is 2. The van der Waals surface area contributed by atoms with Crippen LogP contribution >= 0.6 is 11.6 Å². The molecule has 3 aromatic carbocycles. The number of hydrogen-bond donors (Lipinski definition) is 2. The molecule has 0 spiro atoms. The molecular formula is C29H20ClF5N6O3. The van der Waals surface area contributed by atoms with Crippen molar-refractivity contribution in [1.29, 1.82) is 0 Å². The number of aryl methyl sites for hydroxylation is 2. The number of hydrogen-bond acceptors (Lipinski definition) is 4. The molecule has 2 N–H and O–H groups in total. The van der Waals surface area contributed by atoms with Gasteiger partial charge in [-0.25, -0.2) is 18.6 Å². The Labute approximate surface area is 249 Å². The maximum absolute atomic E-state index is 14.3. The van der Waals surface area contributed by atoms with Crippen LogP contribution in [0.25, 0.3) is 11.0 Å². The Morgan fingerprint density at radius 3 is 2.50 bits per heavy atom. The summed E-state index contributed by atoms with van der Waals surface area (Å²) >= 11 is 6.37. The Hall–Kier alpha value is -4.98. The molecule has 6 rings (SSSR count). The van der Waals surface area contributed by atoms with Crippen LogP contribution in [0.3, 0.4) is 0 Å². The molecule has 0 fully saturated rings. The highest BCUT2D eigenvalue weighted by Crippen LogP contribution is 2.43. The number of amides is 2. The van der Waals surface area contributed by atoms with E-state index >= 15 is 0 Å². The van der Waals surface area contributed by atoms with E-state index in [0.29, 0.717) is 17.8 Å². The van der Waals surface area contributed by atoms with Crippen molar-refractivity contribution in [3.05, 3.63) is 116 Å². The van der Waals surface area contributed by atoms with E-state index in [0.717, 1.165) is 12.1 Å². The lowest BCUT2D eigenvalue weighted by molar-refractivity contribution is -0.137. The number of alkyl halides is 3. The van der Waals surface area contributed by atoms with Crippen molar-refractivity contribution in [2.75, 3.05) is 5.32 Å². The van der Waals surface area contributed by atoms with E-state index in [1.165, 1.54) is 34.6 Å². The number of rotatable bonds is 5. The Kier molecular flexibility index (Phi) is 6.83. The first kappa shape index (κ1) is 29.1. The lowest BCUT2D eigenvalue weighted by Crippen LogP contribution is -2.23. The molecule has 1 aliphatic heterocycles.